The SMILES string of the molecule is Cc1cc(C(=O)COC(=O)c2ccc(N3CCCS3(=O)=O)cc2)c(C)n1CCc1cccs1. The predicted octanol–water partition coefficient (Wildman–Crippen LogP) is 3.99. The second-order valence-electron chi connectivity index (χ2n) is 8.05. The number of carbonyl (C=O) groups is 2. The molecule has 0 aliphatic carbocycles. The van der Waals surface area contributed by atoms with Crippen LogP contribution in [-0.2, 0) is 27.7 Å². The van der Waals surface area contributed by atoms with E-state index >= 15 is 0 Å². The van der Waals surface area contributed by atoms with Crippen LogP contribution in [0.25, 0.3) is 0 Å². The van der Waals surface area contributed by atoms with Crippen molar-refractivity contribution in [2.45, 2.75) is 33.2 Å². The third-order valence-electron chi connectivity index (χ3n) is 5.86. The summed E-state index contributed by atoms with van der Waals surface area (Å²) in [6, 6.07) is 12.2. The Labute approximate surface area is 197 Å². The molecule has 33 heavy (non-hydrogen) atoms. The van der Waals surface area contributed by atoms with Crippen LogP contribution >= 0.6 is 11.3 Å². The summed E-state index contributed by atoms with van der Waals surface area (Å²) in [5.41, 5.74) is 3.20. The number of carbonyl (C=O) groups excluding carboxylic acids is 2. The molecule has 0 N–H and O–H groups in total. The van der Waals surface area contributed by atoms with Crippen LogP contribution in [0.3, 0.4) is 0 Å². The average Bonchev–Trinajstić information content (AvgIpc) is 3.50. The molecule has 1 fully saturated rings. The lowest BCUT2D eigenvalue weighted by Crippen LogP contribution is -2.25. The number of esters is 1. The topological polar surface area (TPSA) is 85.7 Å². The number of benzene rings is 1. The highest BCUT2D eigenvalue weighted by molar-refractivity contribution is 7.93. The van der Waals surface area contributed by atoms with Gasteiger partial charge in [0.2, 0.25) is 15.8 Å². The molecule has 0 atom stereocenters. The van der Waals surface area contributed by atoms with Crippen molar-refractivity contribution in [2.24, 2.45) is 0 Å². The highest BCUT2D eigenvalue weighted by Crippen LogP contribution is 2.24. The molecule has 3 aromatic rings. The van der Waals surface area contributed by atoms with Crippen molar-refractivity contribution in [1.29, 1.82) is 0 Å². The fraction of sp³-hybridized carbons (Fsp3) is 0.333. The number of aromatic nitrogens is 1. The molecule has 0 saturated carbocycles. The third kappa shape index (κ3) is 5.04. The van der Waals surface area contributed by atoms with E-state index in [1.54, 1.807) is 23.5 Å². The van der Waals surface area contributed by atoms with Gasteiger partial charge in [0.1, 0.15) is 0 Å². The highest BCUT2D eigenvalue weighted by atomic mass is 32.2. The number of hydrogen-bond acceptors (Lipinski definition) is 6. The Balaban J connectivity index is 1.36. The van der Waals surface area contributed by atoms with Crippen LogP contribution in [0.15, 0.2) is 47.8 Å². The van der Waals surface area contributed by atoms with Gasteiger partial charge in [0.25, 0.3) is 0 Å². The van der Waals surface area contributed by atoms with Gasteiger partial charge in [0.15, 0.2) is 6.61 Å². The van der Waals surface area contributed by atoms with E-state index in [0.29, 0.717) is 24.2 Å². The van der Waals surface area contributed by atoms with E-state index in [1.165, 1.54) is 21.3 Å². The summed E-state index contributed by atoms with van der Waals surface area (Å²) in [7, 11) is -3.28. The molecule has 4 rings (SSSR count). The Morgan fingerprint density at radius 2 is 1.88 bits per heavy atom. The largest absolute Gasteiger partial charge is 0.454 e. The number of aryl methyl sites for hydroxylation is 2. The molecular weight excluding hydrogens is 460 g/mol. The van der Waals surface area contributed by atoms with E-state index in [1.807, 2.05) is 26.0 Å². The molecule has 1 saturated heterocycles. The molecule has 2 aromatic heterocycles. The zero-order chi connectivity index (χ0) is 23.6. The maximum absolute atomic E-state index is 12.7. The number of hydrogen-bond donors (Lipinski definition) is 0. The maximum atomic E-state index is 12.7. The molecule has 3 heterocycles. The van der Waals surface area contributed by atoms with Gasteiger partial charge in [-0.15, -0.1) is 11.3 Å². The minimum Gasteiger partial charge on any atom is -0.454 e. The number of thiophene rings is 1. The number of rotatable bonds is 8. The van der Waals surface area contributed by atoms with E-state index in [4.69, 9.17) is 4.74 Å². The van der Waals surface area contributed by atoms with Crippen molar-refractivity contribution in [3.8, 4) is 0 Å². The number of nitrogens with zero attached hydrogens (tertiary/aromatic N) is 2. The summed E-state index contributed by atoms with van der Waals surface area (Å²) < 4.78 is 32.8. The van der Waals surface area contributed by atoms with E-state index in [9.17, 15) is 18.0 Å². The Hall–Kier alpha value is -2.91. The van der Waals surface area contributed by atoms with Crippen LogP contribution in [0.2, 0.25) is 0 Å². The molecule has 0 bridgehead atoms. The zero-order valence-electron chi connectivity index (χ0n) is 18.6. The fourth-order valence-corrected chi connectivity index (χ4v) is 6.35. The summed E-state index contributed by atoms with van der Waals surface area (Å²) in [6.07, 6.45) is 1.48. The van der Waals surface area contributed by atoms with Gasteiger partial charge in [-0.3, -0.25) is 9.10 Å². The molecule has 0 radical (unpaired) electrons. The fourth-order valence-electron chi connectivity index (χ4n) is 4.09. The van der Waals surface area contributed by atoms with Crippen molar-refractivity contribution in [3.63, 3.8) is 0 Å². The molecule has 0 spiro atoms. The highest BCUT2D eigenvalue weighted by Gasteiger charge is 2.28. The monoisotopic (exact) mass is 486 g/mol. The van der Waals surface area contributed by atoms with Crippen LogP contribution in [0.1, 0.15) is 43.4 Å². The van der Waals surface area contributed by atoms with Crippen LogP contribution in [0.4, 0.5) is 5.69 Å². The van der Waals surface area contributed by atoms with Crippen molar-refractivity contribution in [1.82, 2.24) is 4.57 Å². The molecule has 9 heteroatoms. The third-order valence-corrected chi connectivity index (χ3v) is 8.67. The Kier molecular flexibility index (Phi) is 6.71. The quantitative estimate of drug-likeness (QED) is 0.355. The molecule has 1 aliphatic heterocycles. The van der Waals surface area contributed by atoms with Gasteiger partial charge in [0, 0.05) is 34.9 Å². The second-order valence-corrected chi connectivity index (χ2v) is 11.1. The van der Waals surface area contributed by atoms with Gasteiger partial charge < -0.3 is 9.30 Å². The zero-order valence-corrected chi connectivity index (χ0v) is 20.2. The smallest absolute Gasteiger partial charge is 0.338 e. The maximum Gasteiger partial charge on any atom is 0.338 e. The minimum atomic E-state index is -3.28. The van der Waals surface area contributed by atoms with Gasteiger partial charge in [-0.25, -0.2) is 13.2 Å². The number of sulfonamides is 1. The standard InChI is InChI=1S/C24H26N2O5S2/c1-17-15-22(18(2)25(17)12-10-21-5-3-13-32-21)23(27)16-31-24(28)19-6-8-20(9-7-19)26-11-4-14-33(26,29)30/h3,5-9,13,15H,4,10-12,14,16H2,1-2H3. The predicted molar refractivity (Wildman–Crippen MR) is 129 cm³/mol. The molecule has 1 aliphatic rings. The lowest BCUT2D eigenvalue weighted by molar-refractivity contribution is 0.0474. The van der Waals surface area contributed by atoms with Crippen LogP contribution in [0.5, 0.6) is 0 Å². The van der Waals surface area contributed by atoms with E-state index in [-0.39, 0.29) is 23.7 Å². The first-order chi connectivity index (χ1) is 15.8. The number of Topliss-reactive ketones (excluding diaryl/α,β-unsaturated/α-hetero) is 1. The van der Waals surface area contributed by atoms with Gasteiger partial charge in [-0.1, -0.05) is 6.07 Å². The summed E-state index contributed by atoms with van der Waals surface area (Å²) in [5.74, 6) is -0.739. The molecule has 174 valence electrons. The summed E-state index contributed by atoms with van der Waals surface area (Å²) in [5, 5.41) is 2.05. The molecule has 0 amide bonds. The van der Waals surface area contributed by atoms with Crippen molar-refractivity contribution in [3.05, 3.63) is 75.2 Å². The first-order valence-electron chi connectivity index (χ1n) is 10.8. The minimum absolute atomic E-state index is 0.132. The summed E-state index contributed by atoms with van der Waals surface area (Å²) >= 11 is 1.71. The lowest BCUT2D eigenvalue weighted by Gasteiger charge is -2.16. The van der Waals surface area contributed by atoms with E-state index < -0.39 is 16.0 Å². The first kappa shape index (κ1) is 23.3. The van der Waals surface area contributed by atoms with Crippen molar-refractivity contribution < 1.29 is 22.7 Å². The van der Waals surface area contributed by atoms with E-state index in [0.717, 1.165) is 24.4 Å². The van der Waals surface area contributed by atoms with Crippen LogP contribution < -0.4 is 4.31 Å². The molecule has 1 aromatic carbocycles. The summed E-state index contributed by atoms with van der Waals surface area (Å²) in [4.78, 5) is 26.4. The lowest BCUT2D eigenvalue weighted by atomic mass is 10.1. The number of ketones is 1. The van der Waals surface area contributed by atoms with Gasteiger partial charge in [0.05, 0.1) is 17.0 Å². The molecule has 0 unspecified atom stereocenters. The number of anilines is 1. The van der Waals surface area contributed by atoms with Gasteiger partial charge >= 0.3 is 5.97 Å². The van der Waals surface area contributed by atoms with Crippen molar-refractivity contribution in [2.75, 3.05) is 23.2 Å². The normalized spacial score (nSPS) is 15.0. The Bertz CT molecular complexity index is 1260. The summed E-state index contributed by atoms with van der Waals surface area (Å²) in [6.45, 7) is 4.74. The van der Waals surface area contributed by atoms with Gasteiger partial charge in [-0.05, 0) is 68.5 Å². The van der Waals surface area contributed by atoms with Crippen LogP contribution in [-0.4, -0.2) is 43.6 Å². The van der Waals surface area contributed by atoms with E-state index in [2.05, 4.69) is 16.0 Å². The van der Waals surface area contributed by atoms with Crippen molar-refractivity contribution >= 4 is 38.8 Å². The number of ether oxygens (including phenoxy) is 1. The Morgan fingerprint density at radius 1 is 1.12 bits per heavy atom. The van der Waals surface area contributed by atoms with Gasteiger partial charge in [-0.2, -0.15) is 0 Å². The Morgan fingerprint density at radius 3 is 2.52 bits per heavy atom. The molecular formula is C24H26N2O5S2. The molecule has 7 nitrogen and oxygen atoms in total. The first-order valence-corrected chi connectivity index (χ1v) is 13.2. The second kappa shape index (κ2) is 9.52. The average molecular weight is 487 g/mol. The van der Waals surface area contributed by atoms with Crippen LogP contribution in [0, 0.1) is 13.8 Å².